The minimum atomic E-state index is -1.19. The minimum absolute atomic E-state index is 0.00515. The summed E-state index contributed by atoms with van der Waals surface area (Å²) in [5.74, 6) is -1.52. The molecule has 3 rings (SSSR count). The number of morpholine rings is 1. The van der Waals surface area contributed by atoms with Crippen molar-refractivity contribution in [2.45, 2.75) is 39.5 Å². The van der Waals surface area contributed by atoms with E-state index in [0.29, 0.717) is 26.3 Å². The fraction of sp³-hybridized carbons (Fsp3) is 0.867. The zero-order valence-corrected chi connectivity index (χ0v) is 13.1. The summed E-state index contributed by atoms with van der Waals surface area (Å²) < 4.78 is 16.9. The Labute approximate surface area is 124 Å². The Bertz CT molecular complexity index is 480. The van der Waals surface area contributed by atoms with Gasteiger partial charge in [0.1, 0.15) is 12.6 Å². The number of carbonyl (C=O) groups is 2. The molecule has 3 fully saturated rings. The molecule has 118 valence electrons. The molecule has 3 saturated heterocycles. The summed E-state index contributed by atoms with van der Waals surface area (Å²) >= 11 is 0. The van der Waals surface area contributed by atoms with Crippen LogP contribution in [-0.4, -0.2) is 61.4 Å². The average Bonchev–Trinajstić information content (AvgIpc) is 2.83. The van der Waals surface area contributed by atoms with Crippen molar-refractivity contribution in [3.63, 3.8) is 0 Å². The maximum atomic E-state index is 12.4. The first-order chi connectivity index (χ1) is 9.74. The molecule has 21 heavy (non-hydrogen) atoms. The third-order valence-electron chi connectivity index (χ3n) is 5.69. The molecule has 0 aliphatic carbocycles. The smallest absolute Gasteiger partial charge is 0.314 e. The van der Waals surface area contributed by atoms with Gasteiger partial charge in [-0.3, -0.25) is 14.5 Å². The Morgan fingerprint density at radius 1 is 1.10 bits per heavy atom. The van der Waals surface area contributed by atoms with Crippen LogP contribution in [-0.2, 0) is 23.8 Å². The Morgan fingerprint density at radius 3 is 2.24 bits per heavy atom. The van der Waals surface area contributed by atoms with Crippen LogP contribution in [0.4, 0.5) is 0 Å². The van der Waals surface area contributed by atoms with Crippen molar-refractivity contribution in [1.29, 1.82) is 0 Å². The summed E-state index contributed by atoms with van der Waals surface area (Å²) in [4.78, 5) is 26.8. The highest BCUT2D eigenvalue weighted by Gasteiger charge is 2.74. The van der Waals surface area contributed by atoms with Crippen LogP contribution in [0.25, 0.3) is 0 Å². The molecule has 1 spiro atoms. The van der Waals surface area contributed by atoms with Gasteiger partial charge in [0.15, 0.2) is 5.78 Å². The molecule has 0 amide bonds. The van der Waals surface area contributed by atoms with Crippen LogP contribution in [0.1, 0.15) is 27.7 Å². The van der Waals surface area contributed by atoms with Gasteiger partial charge in [0.05, 0.1) is 18.6 Å². The van der Waals surface area contributed by atoms with E-state index < -0.39 is 22.7 Å². The third kappa shape index (κ3) is 1.76. The van der Waals surface area contributed by atoms with Crippen LogP contribution in [0.3, 0.4) is 0 Å². The van der Waals surface area contributed by atoms with Gasteiger partial charge in [-0.05, 0) is 13.8 Å². The Balaban J connectivity index is 2.03. The van der Waals surface area contributed by atoms with Crippen LogP contribution in [0.15, 0.2) is 0 Å². The monoisotopic (exact) mass is 297 g/mol. The summed E-state index contributed by atoms with van der Waals surface area (Å²) in [7, 11) is 0. The summed E-state index contributed by atoms with van der Waals surface area (Å²) in [5, 5.41) is 0. The lowest BCUT2D eigenvalue weighted by Crippen LogP contribution is -2.62. The van der Waals surface area contributed by atoms with E-state index in [-0.39, 0.29) is 18.4 Å². The van der Waals surface area contributed by atoms with Crippen molar-refractivity contribution in [1.82, 2.24) is 4.90 Å². The maximum Gasteiger partial charge on any atom is 0.314 e. The zero-order valence-electron chi connectivity index (χ0n) is 13.1. The lowest BCUT2D eigenvalue weighted by atomic mass is 9.63. The van der Waals surface area contributed by atoms with Gasteiger partial charge in [0.2, 0.25) is 5.79 Å². The second kappa shape index (κ2) is 4.51. The van der Waals surface area contributed by atoms with Crippen LogP contribution in [0.2, 0.25) is 0 Å². The molecule has 0 radical (unpaired) electrons. The molecule has 2 unspecified atom stereocenters. The number of ether oxygens (including phenoxy) is 3. The van der Waals surface area contributed by atoms with Gasteiger partial charge in [-0.2, -0.15) is 0 Å². The largest absolute Gasteiger partial charge is 0.430 e. The molecule has 0 aromatic rings. The molecule has 0 aromatic heterocycles. The molecule has 2 atom stereocenters. The fourth-order valence-electron chi connectivity index (χ4n) is 3.52. The predicted molar refractivity (Wildman–Crippen MR) is 73.5 cm³/mol. The maximum absolute atomic E-state index is 12.4. The van der Waals surface area contributed by atoms with Crippen molar-refractivity contribution >= 4 is 11.8 Å². The molecule has 0 saturated carbocycles. The Morgan fingerprint density at radius 2 is 1.71 bits per heavy atom. The number of rotatable bonds is 1. The van der Waals surface area contributed by atoms with E-state index >= 15 is 0 Å². The van der Waals surface area contributed by atoms with Gasteiger partial charge >= 0.3 is 5.97 Å². The number of hydrogen-bond donors (Lipinski definition) is 0. The van der Waals surface area contributed by atoms with E-state index in [1.165, 1.54) is 0 Å². The fourth-order valence-corrected chi connectivity index (χ4v) is 3.52. The van der Waals surface area contributed by atoms with E-state index in [1.807, 2.05) is 32.6 Å². The third-order valence-corrected chi connectivity index (χ3v) is 5.69. The molecule has 6 nitrogen and oxygen atoms in total. The average molecular weight is 297 g/mol. The van der Waals surface area contributed by atoms with Gasteiger partial charge in [-0.1, -0.05) is 13.8 Å². The first kappa shape index (κ1) is 14.9. The lowest BCUT2D eigenvalue weighted by molar-refractivity contribution is -0.251. The van der Waals surface area contributed by atoms with Gasteiger partial charge in [-0.15, -0.1) is 0 Å². The van der Waals surface area contributed by atoms with E-state index in [2.05, 4.69) is 0 Å². The molecular formula is C15H23NO5. The SMILES string of the molecule is CC1(C)C(=O)OC2(OCC(=O)C2N2CCOCC2)C1(C)C. The van der Waals surface area contributed by atoms with Crippen LogP contribution in [0, 0.1) is 10.8 Å². The van der Waals surface area contributed by atoms with E-state index in [0.717, 1.165) is 0 Å². The first-order valence-corrected chi connectivity index (χ1v) is 7.46. The van der Waals surface area contributed by atoms with E-state index in [1.54, 1.807) is 0 Å². The quantitative estimate of drug-likeness (QED) is 0.660. The highest BCUT2D eigenvalue weighted by atomic mass is 16.7. The first-order valence-electron chi connectivity index (χ1n) is 7.46. The molecule has 0 aromatic carbocycles. The molecule has 0 bridgehead atoms. The second-order valence-electron chi connectivity index (χ2n) is 7.11. The standard InChI is InChI=1S/C15H23NO5/c1-13(2)12(18)21-15(14(13,3)4)11(10(17)9-20-15)16-5-7-19-8-6-16/h11H,5-9H2,1-4H3. The number of ketones is 1. The van der Waals surface area contributed by atoms with Crippen LogP contribution < -0.4 is 0 Å². The van der Waals surface area contributed by atoms with Gasteiger partial charge in [-0.25, -0.2) is 0 Å². The predicted octanol–water partition coefficient (Wildman–Crippen LogP) is 0.592. The van der Waals surface area contributed by atoms with Crippen LogP contribution >= 0.6 is 0 Å². The van der Waals surface area contributed by atoms with Crippen LogP contribution in [0.5, 0.6) is 0 Å². The minimum Gasteiger partial charge on any atom is -0.430 e. The number of carbonyl (C=O) groups excluding carboxylic acids is 2. The van der Waals surface area contributed by atoms with Crippen molar-refractivity contribution in [2.75, 3.05) is 32.9 Å². The Hall–Kier alpha value is -0.980. The Kier molecular flexibility index (Phi) is 3.21. The zero-order chi connectivity index (χ0) is 15.5. The lowest BCUT2D eigenvalue weighted by Gasteiger charge is -2.45. The molecule has 3 aliphatic rings. The molecular weight excluding hydrogens is 274 g/mol. The second-order valence-corrected chi connectivity index (χ2v) is 7.11. The van der Waals surface area contributed by atoms with Gasteiger partial charge in [0.25, 0.3) is 0 Å². The summed E-state index contributed by atoms with van der Waals surface area (Å²) in [5.41, 5.74) is -1.31. The topological polar surface area (TPSA) is 65.1 Å². The van der Waals surface area contributed by atoms with E-state index in [4.69, 9.17) is 14.2 Å². The number of Topliss-reactive ketones (excluding diaryl/α,β-unsaturated/α-hetero) is 1. The van der Waals surface area contributed by atoms with Crippen molar-refractivity contribution in [3.8, 4) is 0 Å². The highest BCUT2D eigenvalue weighted by Crippen LogP contribution is 2.59. The molecule has 3 heterocycles. The normalized spacial score (nSPS) is 39.0. The molecule has 0 N–H and O–H groups in total. The van der Waals surface area contributed by atoms with Crippen molar-refractivity contribution < 1.29 is 23.8 Å². The van der Waals surface area contributed by atoms with Gasteiger partial charge in [0, 0.05) is 18.5 Å². The number of esters is 1. The summed E-state index contributed by atoms with van der Waals surface area (Å²) in [6.45, 7) is 10.1. The molecule has 3 aliphatic heterocycles. The van der Waals surface area contributed by atoms with E-state index in [9.17, 15) is 9.59 Å². The van der Waals surface area contributed by atoms with Crippen molar-refractivity contribution in [3.05, 3.63) is 0 Å². The number of nitrogens with zero attached hydrogens (tertiary/aromatic N) is 1. The highest BCUT2D eigenvalue weighted by molar-refractivity contribution is 5.91. The number of hydrogen-bond acceptors (Lipinski definition) is 6. The summed E-state index contributed by atoms with van der Waals surface area (Å²) in [6, 6.07) is -0.540. The van der Waals surface area contributed by atoms with Crippen molar-refractivity contribution in [2.24, 2.45) is 10.8 Å². The molecule has 6 heteroatoms. The van der Waals surface area contributed by atoms with Gasteiger partial charge < -0.3 is 14.2 Å². The summed E-state index contributed by atoms with van der Waals surface area (Å²) in [6.07, 6.45) is 0.